The molecule has 4 rings (SSSR count). The molecule has 1 aliphatic rings. The number of aromatic nitrogens is 2. The van der Waals surface area contributed by atoms with Crippen molar-refractivity contribution in [3.05, 3.63) is 56.8 Å². The second-order valence-electron chi connectivity index (χ2n) is 7.50. The van der Waals surface area contributed by atoms with Crippen LogP contribution in [0.5, 0.6) is 5.75 Å². The highest BCUT2D eigenvalue weighted by Gasteiger charge is 2.26. The van der Waals surface area contributed by atoms with E-state index in [2.05, 4.69) is 9.88 Å². The molecule has 2 aromatic heterocycles. The Morgan fingerprint density at radius 2 is 2.13 bits per heavy atom. The van der Waals surface area contributed by atoms with Gasteiger partial charge in [-0.25, -0.2) is 13.8 Å². The molecule has 9 heteroatoms. The van der Waals surface area contributed by atoms with Crippen molar-refractivity contribution < 1.29 is 13.5 Å². The Kier molecular flexibility index (Phi) is 5.65. The lowest BCUT2D eigenvalue weighted by Gasteiger charge is -2.22. The number of nitrogens with zero attached hydrogens (tertiary/aromatic N) is 4. The second kappa shape index (κ2) is 8.25. The van der Waals surface area contributed by atoms with Crippen LogP contribution in [0.2, 0.25) is 5.02 Å². The lowest BCUT2D eigenvalue weighted by molar-refractivity contribution is 0.282. The zero-order valence-electron chi connectivity index (χ0n) is 17.0. The first kappa shape index (κ1) is 21.2. The van der Waals surface area contributed by atoms with Gasteiger partial charge in [0.25, 0.3) is 5.56 Å². The molecule has 0 amide bonds. The van der Waals surface area contributed by atoms with E-state index in [1.807, 2.05) is 13.1 Å². The monoisotopic (exact) mass is 444 g/mol. The van der Waals surface area contributed by atoms with E-state index >= 15 is 4.39 Å². The number of benzene rings is 1. The number of likely N-dealkylation sites (tertiary alicyclic amines) is 1. The van der Waals surface area contributed by atoms with Crippen molar-refractivity contribution in [3.8, 4) is 23.1 Å². The molecule has 1 aromatic carbocycles. The van der Waals surface area contributed by atoms with Gasteiger partial charge in [-0.3, -0.25) is 9.36 Å². The molecule has 1 atom stereocenters. The molecule has 31 heavy (non-hydrogen) atoms. The van der Waals surface area contributed by atoms with Crippen LogP contribution in [0.1, 0.15) is 18.4 Å². The SMILES string of the molecule is COc1cccc(F)c1-c1nc2c(cc1F)c(Cl)c(C#N)c(=O)n2CC1CCCN1C. The first-order chi connectivity index (χ1) is 14.9. The van der Waals surface area contributed by atoms with Crippen LogP contribution in [0.3, 0.4) is 0 Å². The van der Waals surface area contributed by atoms with E-state index in [1.54, 1.807) is 0 Å². The molecule has 1 aliphatic heterocycles. The van der Waals surface area contributed by atoms with Crippen molar-refractivity contribution in [2.75, 3.05) is 20.7 Å². The van der Waals surface area contributed by atoms with Crippen molar-refractivity contribution in [1.29, 1.82) is 5.26 Å². The standard InChI is InChI=1S/C22H19ClF2N4O2/c1-28-8-4-5-12(28)11-29-21-13(19(23)14(10-26)22(29)30)9-16(25)20(27-21)18-15(24)6-3-7-17(18)31-2/h3,6-7,9,12H,4-5,8,11H2,1-2H3. The van der Waals surface area contributed by atoms with Gasteiger partial charge in [0.15, 0.2) is 5.82 Å². The van der Waals surface area contributed by atoms with Gasteiger partial charge in [-0.2, -0.15) is 5.26 Å². The summed E-state index contributed by atoms with van der Waals surface area (Å²) in [5.74, 6) is -1.45. The highest BCUT2D eigenvalue weighted by molar-refractivity contribution is 6.36. The molecule has 0 bridgehead atoms. The number of hydrogen-bond acceptors (Lipinski definition) is 5. The van der Waals surface area contributed by atoms with E-state index in [0.717, 1.165) is 25.5 Å². The summed E-state index contributed by atoms with van der Waals surface area (Å²) in [7, 11) is 3.30. The average molecular weight is 445 g/mol. The minimum atomic E-state index is -0.843. The zero-order valence-corrected chi connectivity index (χ0v) is 17.7. The van der Waals surface area contributed by atoms with Crippen molar-refractivity contribution in [3.63, 3.8) is 0 Å². The Labute approximate surface area is 182 Å². The van der Waals surface area contributed by atoms with Crippen molar-refractivity contribution in [2.45, 2.75) is 25.4 Å². The van der Waals surface area contributed by atoms with Gasteiger partial charge in [-0.05, 0) is 44.6 Å². The Morgan fingerprint density at radius 3 is 2.77 bits per heavy atom. The second-order valence-corrected chi connectivity index (χ2v) is 7.88. The third-order valence-corrected chi connectivity index (χ3v) is 6.13. The Hall–Kier alpha value is -3.02. The molecule has 160 valence electrons. The fourth-order valence-corrected chi connectivity index (χ4v) is 4.33. The van der Waals surface area contributed by atoms with Crippen molar-refractivity contribution in [2.24, 2.45) is 0 Å². The molecule has 3 aromatic rings. The van der Waals surface area contributed by atoms with Gasteiger partial charge in [0.2, 0.25) is 0 Å². The molecule has 6 nitrogen and oxygen atoms in total. The normalized spacial score (nSPS) is 16.6. The molecule has 1 fully saturated rings. The van der Waals surface area contributed by atoms with E-state index in [-0.39, 0.29) is 51.2 Å². The van der Waals surface area contributed by atoms with Crippen LogP contribution >= 0.6 is 11.6 Å². The highest BCUT2D eigenvalue weighted by atomic mass is 35.5. The molecule has 0 N–H and O–H groups in total. The van der Waals surface area contributed by atoms with Crippen LogP contribution in [0, 0.1) is 23.0 Å². The van der Waals surface area contributed by atoms with E-state index in [0.29, 0.717) is 0 Å². The first-order valence-electron chi connectivity index (χ1n) is 9.73. The van der Waals surface area contributed by atoms with Crippen molar-refractivity contribution >= 4 is 22.6 Å². The molecule has 0 aliphatic carbocycles. The molecule has 0 saturated carbocycles. The smallest absolute Gasteiger partial charge is 0.271 e. The Balaban J connectivity index is 2.04. The quantitative estimate of drug-likeness (QED) is 0.609. The maximum absolute atomic E-state index is 15.1. The minimum Gasteiger partial charge on any atom is -0.496 e. The van der Waals surface area contributed by atoms with Gasteiger partial charge >= 0.3 is 0 Å². The van der Waals surface area contributed by atoms with Crippen LogP contribution < -0.4 is 10.3 Å². The van der Waals surface area contributed by atoms with Crippen LogP contribution in [-0.4, -0.2) is 41.2 Å². The fraction of sp³-hybridized carbons (Fsp3) is 0.318. The summed E-state index contributed by atoms with van der Waals surface area (Å²) in [6.45, 7) is 1.14. The maximum atomic E-state index is 15.1. The molecular weight excluding hydrogens is 426 g/mol. The summed E-state index contributed by atoms with van der Waals surface area (Å²) in [6.07, 6.45) is 1.84. The number of nitriles is 1. The largest absolute Gasteiger partial charge is 0.496 e. The summed E-state index contributed by atoms with van der Waals surface area (Å²) < 4.78 is 36.3. The van der Waals surface area contributed by atoms with E-state index in [4.69, 9.17) is 16.3 Å². The van der Waals surface area contributed by atoms with Gasteiger partial charge in [0.05, 0.1) is 17.7 Å². The van der Waals surface area contributed by atoms with Gasteiger partial charge < -0.3 is 9.64 Å². The van der Waals surface area contributed by atoms with Gasteiger partial charge in [0.1, 0.15) is 34.5 Å². The third kappa shape index (κ3) is 3.54. The molecule has 1 unspecified atom stereocenters. The zero-order chi connectivity index (χ0) is 22.3. The number of hydrogen-bond donors (Lipinski definition) is 0. The maximum Gasteiger partial charge on any atom is 0.271 e. The fourth-order valence-electron chi connectivity index (χ4n) is 4.07. The number of pyridine rings is 2. The highest BCUT2D eigenvalue weighted by Crippen LogP contribution is 2.35. The third-order valence-electron chi connectivity index (χ3n) is 5.74. The predicted molar refractivity (Wildman–Crippen MR) is 113 cm³/mol. The molecule has 1 saturated heterocycles. The number of likely N-dealkylation sites (N-methyl/N-ethyl adjacent to an activating group) is 1. The van der Waals surface area contributed by atoms with Crippen molar-refractivity contribution in [1.82, 2.24) is 14.5 Å². The summed E-state index contributed by atoms with van der Waals surface area (Å²) in [5.41, 5.74) is -1.23. The topological polar surface area (TPSA) is 71.1 Å². The molecule has 0 radical (unpaired) electrons. The summed E-state index contributed by atoms with van der Waals surface area (Å²) in [4.78, 5) is 19.5. The minimum absolute atomic E-state index is 0.0481. The van der Waals surface area contributed by atoms with Gasteiger partial charge in [-0.15, -0.1) is 0 Å². The summed E-state index contributed by atoms with van der Waals surface area (Å²) in [5, 5.41) is 9.42. The first-order valence-corrected chi connectivity index (χ1v) is 10.1. The molecular formula is C22H19ClF2N4O2. The summed E-state index contributed by atoms with van der Waals surface area (Å²) in [6, 6.07) is 7.06. The molecule has 0 spiro atoms. The van der Waals surface area contributed by atoms with Crippen LogP contribution in [0.15, 0.2) is 29.1 Å². The van der Waals surface area contributed by atoms with Gasteiger partial charge in [-0.1, -0.05) is 17.7 Å². The van der Waals surface area contributed by atoms with E-state index < -0.39 is 17.2 Å². The number of rotatable bonds is 4. The van der Waals surface area contributed by atoms with Crippen LogP contribution in [-0.2, 0) is 6.54 Å². The van der Waals surface area contributed by atoms with E-state index in [9.17, 15) is 14.4 Å². The summed E-state index contributed by atoms with van der Waals surface area (Å²) >= 11 is 6.27. The van der Waals surface area contributed by atoms with Gasteiger partial charge in [0, 0.05) is 18.0 Å². The lowest BCUT2D eigenvalue weighted by Crippen LogP contribution is -2.35. The average Bonchev–Trinajstić information content (AvgIpc) is 3.16. The van der Waals surface area contributed by atoms with Crippen LogP contribution in [0.25, 0.3) is 22.3 Å². The number of fused-ring (bicyclic) bond motifs is 1. The van der Waals surface area contributed by atoms with Crippen LogP contribution in [0.4, 0.5) is 8.78 Å². The Bertz CT molecular complexity index is 1290. The molecule has 3 heterocycles. The van der Waals surface area contributed by atoms with E-state index in [1.165, 1.54) is 29.9 Å². The predicted octanol–water partition coefficient (Wildman–Crippen LogP) is 3.97. The lowest BCUT2D eigenvalue weighted by atomic mass is 10.1. The number of halogens is 3. The Morgan fingerprint density at radius 1 is 1.35 bits per heavy atom. The number of methoxy groups -OCH3 is 1. The number of ether oxygens (including phenoxy) is 1.